The summed E-state index contributed by atoms with van der Waals surface area (Å²) in [5, 5.41) is 3.70. The lowest BCUT2D eigenvalue weighted by molar-refractivity contribution is 0.782. The fourth-order valence-corrected chi connectivity index (χ4v) is 3.64. The molecule has 0 saturated heterocycles. The molecule has 96 valence electrons. The molecule has 0 bridgehead atoms. The van der Waals surface area contributed by atoms with Gasteiger partial charge in [0.05, 0.1) is 0 Å². The van der Waals surface area contributed by atoms with E-state index in [9.17, 15) is 0 Å². The van der Waals surface area contributed by atoms with Gasteiger partial charge >= 0.3 is 0 Å². The van der Waals surface area contributed by atoms with Crippen LogP contribution in [0.1, 0.15) is 35.7 Å². The topological polar surface area (TPSA) is 0 Å². The first-order chi connectivity index (χ1) is 8.76. The van der Waals surface area contributed by atoms with Crippen LogP contribution in [0.3, 0.4) is 0 Å². The van der Waals surface area contributed by atoms with Crippen LogP contribution in [0.15, 0.2) is 36.4 Å². The van der Waals surface area contributed by atoms with Crippen LogP contribution in [-0.2, 0) is 6.42 Å². The van der Waals surface area contributed by atoms with E-state index in [2.05, 4.69) is 75.2 Å². The van der Waals surface area contributed by atoms with Crippen molar-refractivity contribution >= 4 is 42.6 Å². The quantitative estimate of drug-likeness (QED) is 0.565. The molecule has 2 rings (SSSR count). The van der Waals surface area contributed by atoms with Gasteiger partial charge in [0.2, 0.25) is 0 Å². The Hall–Kier alpha value is -0.340. The summed E-state index contributed by atoms with van der Waals surface area (Å²) < 4.78 is 0. The van der Waals surface area contributed by atoms with Crippen molar-refractivity contribution < 1.29 is 0 Å². The molecule has 0 aliphatic heterocycles. The van der Waals surface area contributed by atoms with Gasteiger partial charge in [-0.3, -0.25) is 0 Å². The number of hydrogen-bond acceptors (Lipinski definition) is 0. The number of fused-ring (bicyclic) bond motifs is 1. The van der Waals surface area contributed by atoms with Crippen molar-refractivity contribution in [2.75, 3.05) is 5.33 Å². The molecular formula is C16H18Br2. The predicted octanol–water partition coefficient (Wildman–Crippen LogP) is 6.01. The highest BCUT2D eigenvalue weighted by Crippen LogP contribution is 2.33. The third-order valence-corrected chi connectivity index (χ3v) is 4.60. The van der Waals surface area contributed by atoms with Crippen LogP contribution in [0.4, 0.5) is 0 Å². The number of benzene rings is 2. The molecule has 2 aromatic rings. The molecule has 0 aliphatic rings. The second-order valence-corrected chi connectivity index (χ2v) is 6.49. The number of halogens is 2. The molecule has 1 unspecified atom stereocenters. The second-order valence-electron chi connectivity index (χ2n) is 4.59. The first-order valence-corrected chi connectivity index (χ1v) is 8.51. The minimum absolute atomic E-state index is 0.473. The standard InChI is InChI=1S/C16H18Br2/c1-2-5-16(18)15-11-13-7-4-3-6-12(13)10-14(15)8-9-17/h3-4,6-7,10-11,16H,2,5,8-9H2,1H3. The van der Waals surface area contributed by atoms with E-state index < -0.39 is 0 Å². The fraction of sp³-hybridized carbons (Fsp3) is 0.375. The summed E-state index contributed by atoms with van der Waals surface area (Å²) in [6.45, 7) is 2.24. The Kier molecular flexibility index (Phi) is 5.25. The van der Waals surface area contributed by atoms with Crippen LogP contribution in [0.25, 0.3) is 10.8 Å². The molecule has 0 fully saturated rings. The molecule has 0 aromatic heterocycles. The van der Waals surface area contributed by atoms with E-state index in [4.69, 9.17) is 0 Å². The van der Waals surface area contributed by atoms with Crippen molar-refractivity contribution in [1.82, 2.24) is 0 Å². The van der Waals surface area contributed by atoms with E-state index in [0.717, 1.165) is 11.8 Å². The Balaban J connectivity index is 2.50. The monoisotopic (exact) mass is 368 g/mol. The van der Waals surface area contributed by atoms with Crippen LogP contribution >= 0.6 is 31.9 Å². The van der Waals surface area contributed by atoms with Crippen LogP contribution in [-0.4, -0.2) is 5.33 Å². The van der Waals surface area contributed by atoms with E-state index in [0.29, 0.717) is 4.83 Å². The van der Waals surface area contributed by atoms with Crippen LogP contribution < -0.4 is 0 Å². The Morgan fingerprint density at radius 3 is 2.39 bits per heavy atom. The molecule has 0 radical (unpaired) electrons. The van der Waals surface area contributed by atoms with Gasteiger partial charge in [-0.15, -0.1) is 0 Å². The van der Waals surface area contributed by atoms with Crippen LogP contribution in [0.5, 0.6) is 0 Å². The highest BCUT2D eigenvalue weighted by molar-refractivity contribution is 9.09. The molecule has 0 nitrogen and oxygen atoms in total. The zero-order valence-electron chi connectivity index (χ0n) is 10.6. The van der Waals surface area contributed by atoms with Gasteiger partial charge in [0.1, 0.15) is 0 Å². The van der Waals surface area contributed by atoms with Gasteiger partial charge in [-0.25, -0.2) is 0 Å². The van der Waals surface area contributed by atoms with Crippen molar-refractivity contribution in [3.8, 4) is 0 Å². The third-order valence-electron chi connectivity index (χ3n) is 3.25. The van der Waals surface area contributed by atoms with E-state index in [-0.39, 0.29) is 0 Å². The first kappa shape index (κ1) is 14.1. The normalized spacial score (nSPS) is 12.8. The zero-order chi connectivity index (χ0) is 13.0. The Morgan fingerprint density at radius 2 is 1.78 bits per heavy atom. The van der Waals surface area contributed by atoms with Crippen molar-refractivity contribution in [2.24, 2.45) is 0 Å². The largest absolute Gasteiger partial charge is 0.0924 e. The van der Waals surface area contributed by atoms with Crippen LogP contribution in [0, 0.1) is 0 Å². The van der Waals surface area contributed by atoms with Gasteiger partial charge in [-0.1, -0.05) is 75.5 Å². The van der Waals surface area contributed by atoms with Gasteiger partial charge in [0, 0.05) is 10.2 Å². The van der Waals surface area contributed by atoms with Crippen LogP contribution in [0.2, 0.25) is 0 Å². The Labute approximate surface area is 126 Å². The lowest BCUT2D eigenvalue weighted by Gasteiger charge is -2.15. The summed E-state index contributed by atoms with van der Waals surface area (Å²) in [5.74, 6) is 0. The molecule has 2 aromatic carbocycles. The summed E-state index contributed by atoms with van der Waals surface area (Å²) in [5.41, 5.74) is 2.91. The fourth-order valence-electron chi connectivity index (χ4n) is 2.32. The molecule has 2 heteroatoms. The average molecular weight is 370 g/mol. The summed E-state index contributed by atoms with van der Waals surface area (Å²) in [6, 6.07) is 13.3. The smallest absolute Gasteiger partial charge is 0.0398 e. The second kappa shape index (κ2) is 6.72. The van der Waals surface area contributed by atoms with E-state index >= 15 is 0 Å². The number of hydrogen-bond donors (Lipinski definition) is 0. The highest BCUT2D eigenvalue weighted by Gasteiger charge is 2.12. The lowest BCUT2D eigenvalue weighted by atomic mass is 9.96. The molecule has 0 spiro atoms. The highest BCUT2D eigenvalue weighted by atomic mass is 79.9. The number of alkyl halides is 2. The molecule has 0 saturated carbocycles. The number of aryl methyl sites for hydroxylation is 1. The van der Waals surface area contributed by atoms with Gasteiger partial charge in [-0.2, -0.15) is 0 Å². The maximum absolute atomic E-state index is 3.84. The molecule has 18 heavy (non-hydrogen) atoms. The zero-order valence-corrected chi connectivity index (χ0v) is 13.8. The van der Waals surface area contributed by atoms with Crippen molar-refractivity contribution in [3.05, 3.63) is 47.5 Å². The summed E-state index contributed by atoms with van der Waals surface area (Å²) in [6.07, 6.45) is 3.48. The Bertz CT molecular complexity index is 519. The summed E-state index contributed by atoms with van der Waals surface area (Å²) in [4.78, 5) is 0.473. The minimum Gasteiger partial charge on any atom is -0.0924 e. The first-order valence-electron chi connectivity index (χ1n) is 6.48. The molecule has 0 N–H and O–H groups in total. The van der Waals surface area contributed by atoms with E-state index in [1.165, 1.54) is 34.7 Å². The number of rotatable bonds is 5. The lowest BCUT2D eigenvalue weighted by Crippen LogP contribution is -1.98. The maximum atomic E-state index is 3.84. The summed E-state index contributed by atoms with van der Waals surface area (Å²) >= 11 is 7.39. The minimum atomic E-state index is 0.473. The average Bonchev–Trinajstić information content (AvgIpc) is 2.38. The molecule has 0 amide bonds. The van der Waals surface area contributed by atoms with Gasteiger partial charge in [-0.05, 0) is 40.8 Å². The van der Waals surface area contributed by atoms with E-state index in [1.54, 1.807) is 0 Å². The Morgan fingerprint density at radius 1 is 1.11 bits per heavy atom. The molecule has 1 atom stereocenters. The van der Waals surface area contributed by atoms with Crippen molar-refractivity contribution in [3.63, 3.8) is 0 Å². The van der Waals surface area contributed by atoms with Gasteiger partial charge < -0.3 is 0 Å². The predicted molar refractivity (Wildman–Crippen MR) is 88.0 cm³/mol. The van der Waals surface area contributed by atoms with Gasteiger partial charge in [0.25, 0.3) is 0 Å². The molecular weight excluding hydrogens is 352 g/mol. The SMILES string of the molecule is CCCC(Br)c1cc2ccccc2cc1CCBr. The van der Waals surface area contributed by atoms with Crippen molar-refractivity contribution in [2.45, 2.75) is 31.0 Å². The van der Waals surface area contributed by atoms with Crippen molar-refractivity contribution in [1.29, 1.82) is 0 Å². The molecule has 0 heterocycles. The van der Waals surface area contributed by atoms with Gasteiger partial charge in [0.15, 0.2) is 0 Å². The molecule has 0 aliphatic carbocycles. The van der Waals surface area contributed by atoms with E-state index in [1.807, 2.05) is 0 Å². The third kappa shape index (κ3) is 3.16. The maximum Gasteiger partial charge on any atom is 0.0398 e. The summed E-state index contributed by atoms with van der Waals surface area (Å²) in [7, 11) is 0.